The second-order valence-electron chi connectivity index (χ2n) is 6.29. The molecule has 2 aromatic carbocycles. The predicted octanol–water partition coefficient (Wildman–Crippen LogP) is 4.33. The Bertz CT molecular complexity index is 716. The van der Waals surface area contributed by atoms with Crippen molar-refractivity contribution in [2.45, 2.75) is 26.2 Å². The van der Waals surface area contributed by atoms with Crippen LogP contribution in [0, 0.1) is 0 Å². The van der Waals surface area contributed by atoms with Gasteiger partial charge in [0.2, 0.25) is 0 Å². The summed E-state index contributed by atoms with van der Waals surface area (Å²) in [5.74, 6) is -1.04. The quantitative estimate of drug-likeness (QED) is 0.789. The smallest absolute Gasteiger partial charge is 0.335 e. The number of urea groups is 1. The van der Waals surface area contributed by atoms with Crippen LogP contribution >= 0.6 is 0 Å². The lowest BCUT2D eigenvalue weighted by Gasteiger charge is -2.19. The van der Waals surface area contributed by atoms with E-state index in [9.17, 15) is 9.59 Å². The van der Waals surface area contributed by atoms with Crippen LogP contribution in [0.15, 0.2) is 48.5 Å². The second-order valence-corrected chi connectivity index (χ2v) is 6.29. The monoisotopic (exact) mass is 312 g/mol. The maximum atomic E-state index is 12.0. The zero-order chi connectivity index (χ0) is 17.0. The van der Waals surface area contributed by atoms with Crippen LogP contribution < -0.4 is 10.6 Å². The van der Waals surface area contributed by atoms with Crippen LogP contribution in [0.4, 0.5) is 16.2 Å². The Morgan fingerprint density at radius 3 is 2.09 bits per heavy atom. The van der Waals surface area contributed by atoms with Crippen molar-refractivity contribution in [2.24, 2.45) is 0 Å². The van der Waals surface area contributed by atoms with Gasteiger partial charge < -0.3 is 15.7 Å². The lowest BCUT2D eigenvalue weighted by Crippen LogP contribution is -2.19. The first-order valence-corrected chi connectivity index (χ1v) is 7.27. The average Bonchev–Trinajstić information content (AvgIpc) is 2.47. The van der Waals surface area contributed by atoms with Crippen molar-refractivity contribution in [3.63, 3.8) is 0 Å². The van der Waals surface area contributed by atoms with E-state index in [1.165, 1.54) is 17.7 Å². The summed E-state index contributed by atoms with van der Waals surface area (Å²) in [5.41, 5.74) is 2.45. The zero-order valence-corrected chi connectivity index (χ0v) is 13.4. The van der Waals surface area contributed by atoms with Gasteiger partial charge in [-0.1, -0.05) is 39.0 Å². The number of hydrogen-bond acceptors (Lipinski definition) is 2. The molecule has 0 radical (unpaired) electrons. The van der Waals surface area contributed by atoms with Gasteiger partial charge >= 0.3 is 12.0 Å². The molecule has 0 fully saturated rings. The molecule has 0 saturated carbocycles. The number of carbonyl (C=O) groups is 2. The van der Waals surface area contributed by atoms with Gasteiger partial charge in [0.1, 0.15) is 0 Å². The van der Waals surface area contributed by atoms with E-state index in [-0.39, 0.29) is 11.0 Å². The molecule has 0 saturated heterocycles. The molecule has 120 valence electrons. The maximum absolute atomic E-state index is 12.0. The van der Waals surface area contributed by atoms with E-state index in [4.69, 9.17) is 5.11 Å². The highest BCUT2D eigenvalue weighted by molar-refractivity contribution is 6.00. The van der Waals surface area contributed by atoms with E-state index in [1.54, 1.807) is 12.1 Å². The molecule has 0 aliphatic rings. The van der Waals surface area contributed by atoms with Gasteiger partial charge in [-0.3, -0.25) is 0 Å². The number of carbonyl (C=O) groups excluding carboxylic acids is 1. The molecule has 5 heteroatoms. The molecule has 0 aliphatic heterocycles. The highest BCUT2D eigenvalue weighted by Crippen LogP contribution is 2.23. The van der Waals surface area contributed by atoms with Crippen molar-refractivity contribution in [1.29, 1.82) is 0 Å². The third-order valence-electron chi connectivity index (χ3n) is 3.38. The molecular formula is C18H20N2O3. The predicted molar refractivity (Wildman–Crippen MR) is 91.2 cm³/mol. The van der Waals surface area contributed by atoms with Gasteiger partial charge in [0.15, 0.2) is 0 Å². The fourth-order valence-corrected chi connectivity index (χ4v) is 2.08. The van der Waals surface area contributed by atoms with E-state index in [2.05, 4.69) is 31.4 Å². The molecule has 23 heavy (non-hydrogen) atoms. The molecule has 2 rings (SSSR count). The van der Waals surface area contributed by atoms with E-state index in [0.717, 1.165) is 0 Å². The largest absolute Gasteiger partial charge is 0.478 e. The normalized spacial score (nSPS) is 10.9. The molecule has 0 atom stereocenters. The first kappa shape index (κ1) is 16.5. The minimum atomic E-state index is -1.04. The molecule has 0 spiro atoms. The summed E-state index contributed by atoms with van der Waals surface area (Å²) >= 11 is 0. The Hall–Kier alpha value is -2.82. The van der Waals surface area contributed by atoms with Gasteiger partial charge in [-0.2, -0.15) is 0 Å². The van der Waals surface area contributed by atoms with Crippen LogP contribution in [0.1, 0.15) is 36.7 Å². The Labute approximate surface area is 135 Å². The Morgan fingerprint density at radius 1 is 0.913 bits per heavy atom. The Balaban J connectivity index is 2.02. The first-order valence-electron chi connectivity index (χ1n) is 7.27. The van der Waals surface area contributed by atoms with Gasteiger partial charge in [-0.05, 0) is 41.3 Å². The minimum absolute atomic E-state index is 0.0536. The summed E-state index contributed by atoms with van der Waals surface area (Å²) in [6, 6.07) is 13.3. The second kappa shape index (κ2) is 6.52. The highest BCUT2D eigenvalue weighted by atomic mass is 16.4. The number of nitrogens with one attached hydrogen (secondary N) is 2. The number of aromatic carboxylic acids is 1. The van der Waals surface area contributed by atoms with E-state index < -0.39 is 12.0 Å². The average molecular weight is 312 g/mol. The van der Waals surface area contributed by atoms with Gasteiger partial charge in [-0.25, -0.2) is 9.59 Å². The van der Waals surface area contributed by atoms with Crippen molar-refractivity contribution in [1.82, 2.24) is 0 Å². The van der Waals surface area contributed by atoms with Crippen LogP contribution in [0.25, 0.3) is 0 Å². The minimum Gasteiger partial charge on any atom is -0.478 e. The molecule has 0 heterocycles. The standard InChI is InChI=1S/C18H20N2O3/c1-18(2,3)13-7-9-14(10-8-13)19-17(23)20-15-6-4-5-12(11-15)16(21)22/h4-11H,1-3H3,(H,21,22)(H2,19,20,23). The highest BCUT2D eigenvalue weighted by Gasteiger charge is 2.13. The third kappa shape index (κ3) is 4.57. The summed E-state index contributed by atoms with van der Waals surface area (Å²) in [6.07, 6.45) is 0. The van der Waals surface area contributed by atoms with E-state index in [0.29, 0.717) is 11.4 Å². The summed E-state index contributed by atoms with van der Waals surface area (Å²) in [5, 5.41) is 14.3. The number of rotatable bonds is 3. The Morgan fingerprint density at radius 2 is 1.52 bits per heavy atom. The zero-order valence-electron chi connectivity index (χ0n) is 13.4. The summed E-state index contributed by atoms with van der Waals surface area (Å²) < 4.78 is 0. The van der Waals surface area contributed by atoms with Gasteiger partial charge in [0.05, 0.1) is 5.56 Å². The lowest BCUT2D eigenvalue weighted by molar-refractivity contribution is 0.0697. The van der Waals surface area contributed by atoms with Crippen LogP contribution in [0.2, 0.25) is 0 Å². The van der Waals surface area contributed by atoms with Crippen molar-refractivity contribution >= 4 is 23.4 Å². The topological polar surface area (TPSA) is 78.4 Å². The number of benzene rings is 2. The molecule has 2 aromatic rings. The summed E-state index contributed by atoms with van der Waals surface area (Å²) in [4.78, 5) is 22.9. The molecule has 0 unspecified atom stereocenters. The van der Waals surface area contributed by atoms with E-state index >= 15 is 0 Å². The van der Waals surface area contributed by atoms with Crippen molar-refractivity contribution in [2.75, 3.05) is 10.6 Å². The maximum Gasteiger partial charge on any atom is 0.335 e. The van der Waals surface area contributed by atoms with Crippen molar-refractivity contribution in [3.05, 3.63) is 59.7 Å². The fraction of sp³-hybridized carbons (Fsp3) is 0.222. The van der Waals surface area contributed by atoms with Gasteiger partial charge in [0, 0.05) is 11.4 Å². The van der Waals surface area contributed by atoms with Crippen LogP contribution in [0.5, 0.6) is 0 Å². The third-order valence-corrected chi connectivity index (χ3v) is 3.38. The number of carboxylic acid groups (broad SMARTS) is 1. The first-order chi connectivity index (χ1) is 10.8. The summed E-state index contributed by atoms with van der Waals surface area (Å²) in [7, 11) is 0. The van der Waals surface area contributed by atoms with Gasteiger partial charge in [-0.15, -0.1) is 0 Å². The fourth-order valence-electron chi connectivity index (χ4n) is 2.08. The SMILES string of the molecule is CC(C)(C)c1ccc(NC(=O)Nc2cccc(C(=O)O)c2)cc1. The van der Waals surface area contributed by atoms with Gasteiger partial charge in [0.25, 0.3) is 0 Å². The number of amides is 2. The molecular weight excluding hydrogens is 292 g/mol. The molecule has 0 bridgehead atoms. The van der Waals surface area contributed by atoms with Crippen LogP contribution in [-0.4, -0.2) is 17.1 Å². The molecule has 2 amide bonds. The summed E-state index contributed by atoms with van der Waals surface area (Å²) in [6.45, 7) is 6.37. The number of anilines is 2. The molecule has 5 nitrogen and oxygen atoms in total. The van der Waals surface area contributed by atoms with E-state index in [1.807, 2.05) is 24.3 Å². The Kier molecular flexibility index (Phi) is 4.69. The van der Waals surface area contributed by atoms with Crippen molar-refractivity contribution < 1.29 is 14.7 Å². The lowest BCUT2D eigenvalue weighted by atomic mass is 9.87. The number of hydrogen-bond donors (Lipinski definition) is 3. The van der Waals surface area contributed by atoms with Crippen molar-refractivity contribution in [3.8, 4) is 0 Å². The number of carboxylic acids is 1. The van der Waals surface area contributed by atoms with Crippen LogP contribution in [0.3, 0.4) is 0 Å². The molecule has 3 N–H and O–H groups in total. The molecule has 0 aliphatic carbocycles. The van der Waals surface area contributed by atoms with Crippen LogP contribution in [-0.2, 0) is 5.41 Å². The molecule has 0 aromatic heterocycles.